The summed E-state index contributed by atoms with van der Waals surface area (Å²) in [7, 11) is 0. The Morgan fingerprint density at radius 1 is 0.458 bits per heavy atom. The quantitative estimate of drug-likeness (QED) is 0.382. The van der Waals surface area contributed by atoms with E-state index in [9.17, 15) is 0 Å². The molecule has 0 unspecified atom stereocenters. The zero-order chi connectivity index (χ0) is 16.5. The minimum atomic E-state index is 1.29. The molecule has 0 N–H and O–H groups in total. The molecule has 0 aliphatic rings. The van der Waals surface area contributed by atoms with Crippen LogP contribution in [0.15, 0.2) is 84.9 Å². The molecular weight excluding hydrogens is 288 g/mol. The van der Waals surface area contributed by atoms with Gasteiger partial charge in [0.25, 0.3) is 0 Å². The van der Waals surface area contributed by atoms with E-state index in [1.54, 1.807) is 0 Å². The second kappa shape index (κ2) is 5.98. The average molecular weight is 308 g/mol. The molecular formula is C24H20. The molecule has 0 aliphatic carbocycles. The summed E-state index contributed by atoms with van der Waals surface area (Å²) >= 11 is 0. The van der Waals surface area contributed by atoms with Crippen LogP contribution in [0.2, 0.25) is 0 Å². The summed E-state index contributed by atoms with van der Waals surface area (Å²) in [5, 5.41) is 2.60. The third kappa shape index (κ3) is 2.41. The van der Waals surface area contributed by atoms with Crippen LogP contribution in [0.25, 0.3) is 33.0 Å². The molecule has 4 aromatic carbocycles. The van der Waals surface area contributed by atoms with Crippen molar-refractivity contribution < 1.29 is 0 Å². The van der Waals surface area contributed by atoms with Gasteiger partial charge in [-0.2, -0.15) is 0 Å². The highest BCUT2D eigenvalue weighted by molar-refractivity contribution is 6.05. The van der Waals surface area contributed by atoms with Crippen molar-refractivity contribution in [2.24, 2.45) is 0 Å². The minimum Gasteiger partial charge on any atom is -0.0620 e. The van der Waals surface area contributed by atoms with Crippen LogP contribution in [0.1, 0.15) is 11.1 Å². The van der Waals surface area contributed by atoms with Gasteiger partial charge in [0.15, 0.2) is 0 Å². The molecule has 0 atom stereocenters. The van der Waals surface area contributed by atoms with E-state index in [1.165, 1.54) is 44.2 Å². The van der Waals surface area contributed by atoms with Gasteiger partial charge in [-0.05, 0) is 58.0 Å². The first kappa shape index (κ1) is 14.7. The van der Waals surface area contributed by atoms with Gasteiger partial charge in [-0.3, -0.25) is 0 Å². The molecule has 4 aromatic rings. The zero-order valence-electron chi connectivity index (χ0n) is 14.1. The number of aryl methyl sites for hydroxylation is 2. The third-order valence-corrected chi connectivity index (χ3v) is 4.78. The van der Waals surface area contributed by atoms with Crippen LogP contribution in [-0.2, 0) is 0 Å². The van der Waals surface area contributed by atoms with E-state index >= 15 is 0 Å². The molecule has 0 aromatic heterocycles. The summed E-state index contributed by atoms with van der Waals surface area (Å²) in [6, 6.07) is 30.5. The monoisotopic (exact) mass is 308 g/mol. The van der Waals surface area contributed by atoms with Crippen LogP contribution in [0.5, 0.6) is 0 Å². The largest absolute Gasteiger partial charge is 0.0620 e. The number of benzene rings is 4. The Hall–Kier alpha value is -2.86. The van der Waals surface area contributed by atoms with Crippen molar-refractivity contribution >= 4 is 10.8 Å². The maximum atomic E-state index is 2.27. The molecule has 0 saturated carbocycles. The smallest absolute Gasteiger partial charge is 0.00241 e. The van der Waals surface area contributed by atoms with Gasteiger partial charge < -0.3 is 0 Å². The van der Waals surface area contributed by atoms with E-state index in [4.69, 9.17) is 0 Å². The first-order valence-electron chi connectivity index (χ1n) is 8.39. The van der Waals surface area contributed by atoms with Gasteiger partial charge in [0, 0.05) is 0 Å². The molecule has 0 amide bonds. The van der Waals surface area contributed by atoms with Crippen molar-refractivity contribution in [1.29, 1.82) is 0 Å². The Kier molecular flexibility index (Phi) is 3.66. The SMILES string of the molecule is Cc1ccccc1-c1ccc2ccccc2c1-c1ccccc1C. The molecule has 0 fully saturated rings. The van der Waals surface area contributed by atoms with Crippen LogP contribution in [0.3, 0.4) is 0 Å². The molecule has 0 aliphatic heterocycles. The predicted octanol–water partition coefficient (Wildman–Crippen LogP) is 6.79. The first-order chi connectivity index (χ1) is 11.8. The van der Waals surface area contributed by atoms with E-state index in [0.717, 1.165) is 0 Å². The number of hydrogen-bond acceptors (Lipinski definition) is 0. The van der Waals surface area contributed by atoms with Crippen molar-refractivity contribution in [2.75, 3.05) is 0 Å². The molecule has 4 rings (SSSR count). The summed E-state index contributed by atoms with van der Waals surface area (Å²) in [5.74, 6) is 0. The van der Waals surface area contributed by atoms with Gasteiger partial charge in [-0.25, -0.2) is 0 Å². The molecule has 116 valence electrons. The van der Waals surface area contributed by atoms with Crippen LogP contribution in [0.4, 0.5) is 0 Å². The van der Waals surface area contributed by atoms with Crippen LogP contribution in [-0.4, -0.2) is 0 Å². The summed E-state index contributed by atoms with van der Waals surface area (Å²) in [6.45, 7) is 4.38. The van der Waals surface area contributed by atoms with E-state index in [2.05, 4.69) is 98.8 Å². The summed E-state index contributed by atoms with van der Waals surface area (Å²) in [5.41, 5.74) is 7.88. The van der Waals surface area contributed by atoms with Crippen molar-refractivity contribution in [1.82, 2.24) is 0 Å². The zero-order valence-corrected chi connectivity index (χ0v) is 14.1. The highest BCUT2D eigenvalue weighted by Crippen LogP contribution is 2.40. The van der Waals surface area contributed by atoms with E-state index < -0.39 is 0 Å². The van der Waals surface area contributed by atoms with Crippen molar-refractivity contribution in [3.8, 4) is 22.3 Å². The van der Waals surface area contributed by atoms with Crippen molar-refractivity contribution in [3.63, 3.8) is 0 Å². The van der Waals surface area contributed by atoms with Gasteiger partial charge in [-0.1, -0.05) is 84.9 Å². The Morgan fingerprint density at radius 2 is 1.04 bits per heavy atom. The number of hydrogen-bond donors (Lipinski definition) is 0. The van der Waals surface area contributed by atoms with E-state index in [-0.39, 0.29) is 0 Å². The topological polar surface area (TPSA) is 0 Å². The molecule has 24 heavy (non-hydrogen) atoms. The second-order valence-electron chi connectivity index (χ2n) is 6.34. The maximum Gasteiger partial charge on any atom is -0.00241 e. The minimum absolute atomic E-state index is 1.29. The summed E-state index contributed by atoms with van der Waals surface area (Å²) in [6.07, 6.45) is 0. The fourth-order valence-electron chi connectivity index (χ4n) is 3.51. The summed E-state index contributed by atoms with van der Waals surface area (Å²) < 4.78 is 0. The van der Waals surface area contributed by atoms with Gasteiger partial charge >= 0.3 is 0 Å². The first-order valence-corrected chi connectivity index (χ1v) is 8.39. The Morgan fingerprint density at radius 3 is 1.75 bits per heavy atom. The van der Waals surface area contributed by atoms with Crippen molar-refractivity contribution in [2.45, 2.75) is 13.8 Å². The highest BCUT2D eigenvalue weighted by Gasteiger charge is 2.14. The lowest BCUT2D eigenvalue weighted by atomic mass is 9.87. The third-order valence-electron chi connectivity index (χ3n) is 4.78. The van der Waals surface area contributed by atoms with Crippen LogP contribution in [0, 0.1) is 13.8 Å². The summed E-state index contributed by atoms with van der Waals surface area (Å²) in [4.78, 5) is 0. The highest BCUT2D eigenvalue weighted by atomic mass is 14.2. The fourth-order valence-corrected chi connectivity index (χ4v) is 3.51. The molecule has 0 nitrogen and oxygen atoms in total. The normalized spacial score (nSPS) is 10.9. The lowest BCUT2D eigenvalue weighted by Gasteiger charge is -2.17. The van der Waals surface area contributed by atoms with E-state index in [0.29, 0.717) is 0 Å². The average Bonchev–Trinajstić information content (AvgIpc) is 2.62. The fraction of sp³-hybridized carbons (Fsp3) is 0.0833. The van der Waals surface area contributed by atoms with Crippen LogP contribution >= 0.6 is 0 Å². The van der Waals surface area contributed by atoms with Crippen LogP contribution < -0.4 is 0 Å². The standard InChI is InChI=1S/C24H20/c1-17-9-3-6-12-20(17)23-16-15-19-11-5-8-14-22(19)24(23)21-13-7-4-10-18(21)2/h3-16H,1-2H3. The number of rotatable bonds is 2. The number of fused-ring (bicyclic) bond motifs is 1. The molecule has 0 bridgehead atoms. The Labute approximate surface area is 143 Å². The lowest BCUT2D eigenvalue weighted by Crippen LogP contribution is -1.92. The molecule has 0 heteroatoms. The van der Waals surface area contributed by atoms with Crippen molar-refractivity contribution in [3.05, 3.63) is 96.1 Å². The predicted molar refractivity (Wildman–Crippen MR) is 104 cm³/mol. The molecule has 0 saturated heterocycles. The van der Waals surface area contributed by atoms with Gasteiger partial charge in [0.05, 0.1) is 0 Å². The second-order valence-corrected chi connectivity index (χ2v) is 6.34. The molecule has 0 radical (unpaired) electrons. The Balaban J connectivity index is 2.14. The lowest BCUT2D eigenvalue weighted by molar-refractivity contribution is 1.44. The van der Waals surface area contributed by atoms with E-state index in [1.807, 2.05) is 0 Å². The molecule has 0 heterocycles. The van der Waals surface area contributed by atoms with Gasteiger partial charge in [0.2, 0.25) is 0 Å². The maximum absolute atomic E-state index is 2.27. The Bertz CT molecular complexity index is 1020. The molecule has 0 spiro atoms. The van der Waals surface area contributed by atoms with Gasteiger partial charge in [0.1, 0.15) is 0 Å². The van der Waals surface area contributed by atoms with Gasteiger partial charge in [-0.15, -0.1) is 0 Å².